The van der Waals surface area contributed by atoms with Crippen molar-refractivity contribution in [3.8, 4) is 5.88 Å². The van der Waals surface area contributed by atoms with Gasteiger partial charge in [-0.2, -0.15) is 0 Å². The van der Waals surface area contributed by atoms with E-state index in [0.29, 0.717) is 29.8 Å². The van der Waals surface area contributed by atoms with Gasteiger partial charge in [0.15, 0.2) is 0 Å². The zero-order chi connectivity index (χ0) is 22.5. The summed E-state index contributed by atoms with van der Waals surface area (Å²) >= 11 is 0. The molecule has 0 bridgehead atoms. The molecule has 2 aromatic rings. The molecule has 1 saturated heterocycles. The third kappa shape index (κ3) is 5.49. The zero-order valence-electron chi connectivity index (χ0n) is 20.1. The molecule has 1 unspecified atom stereocenters. The molecule has 1 atom stereocenters. The minimum Gasteiger partial charge on any atom is -0.474 e. The molecule has 2 aromatic heterocycles. The van der Waals surface area contributed by atoms with Gasteiger partial charge in [-0.25, -0.2) is 15.0 Å². The van der Waals surface area contributed by atoms with Crippen LogP contribution in [0.4, 0.5) is 5.95 Å². The van der Waals surface area contributed by atoms with E-state index in [1.807, 2.05) is 12.4 Å². The minimum absolute atomic E-state index is 0.142. The lowest BCUT2D eigenvalue weighted by Crippen LogP contribution is -2.31. The summed E-state index contributed by atoms with van der Waals surface area (Å²) in [6.07, 6.45) is 12.8. The predicted molar refractivity (Wildman–Crippen MR) is 128 cm³/mol. The first-order chi connectivity index (χ1) is 15.5. The first kappa shape index (κ1) is 23.2. The molecule has 0 aromatic carbocycles. The highest BCUT2D eigenvalue weighted by atomic mass is 16.5. The number of nitrogens with zero attached hydrogens (tertiary/aromatic N) is 4. The summed E-state index contributed by atoms with van der Waals surface area (Å²) in [6.45, 7) is 5.88. The van der Waals surface area contributed by atoms with E-state index >= 15 is 0 Å². The average Bonchev–Trinajstić information content (AvgIpc) is 2.80. The van der Waals surface area contributed by atoms with Gasteiger partial charge in [0.1, 0.15) is 6.10 Å². The number of ether oxygens (including phenoxy) is 2. The van der Waals surface area contributed by atoms with Crippen LogP contribution in [0.25, 0.3) is 10.9 Å². The standard InChI is InChI=1S/C25H39N5O2/c1-5-6-17(2)28-25-27-16-22-23(29-25)21(18-7-9-19(10-8-18)30(3)4)15-26-24(22)32-20-11-13-31-14-12-20/h15-20H,5-14H2,1-4H3,(H,27,28,29)/t17?,18-,19+. The Morgan fingerprint density at radius 2 is 1.84 bits per heavy atom. The molecule has 32 heavy (non-hydrogen) atoms. The Bertz CT molecular complexity index is 876. The van der Waals surface area contributed by atoms with Gasteiger partial charge in [-0.3, -0.25) is 0 Å². The Morgan fingerprint density at radius 3 is 2.53 bits per heavy atom. The molecule has 3 heterocycles. The van der Waals surface area contributed by atoms with Gasteiger partial charge >= 0.3 is 0 Å². The molecule has 1 saturated carbocycles. The highest BCUT2D eigenvalue weighted by molar-refractivity contribution is 5.86. The fraction of sp³-hybridized carbons (Fsp3) is 0.720. The third-order valence-electron chi connectivity index (χ3n) is 7.02. The van der Waals surface area contributed by atoms with Crippen LogP contribution in [0, 0.1) is 0 Å². The Labute approximate surface area is 192 Å². The van der Waals surface area contributed by atoms with Gasteiger partial charge in [0.25, 0.3) is 0 Å². The number of fused-ring (bicyclic) bond motifs is 1. The van der Waals surface area contributed by atoms with Crippen molar-refractivity contribution in [1.29, 1.82) is 0 Å². The van der Waals surface area contributed by atoms with Gasteiger partial charge in [0.05, 0.1) is 24.1 Å². The van der Waals surface area contributed by atoms with E-state index in [9.17, 15) is 0 Å². The molecule has 0 radical (unpaired) electrons. The summed E-state index contributed by atoms with van der Waals surface area (Å²) in [5.41, 5.74) is 2.24. The van der Waals surface area contributed by atoms with Crippen LogP contribution in [0.1, 0.15) is 76.7 Å². The summed E-state index contributed by atoms with van der Waals surface area (Å²) < 4.78 is 11.8. The second kappa shape index (κ2) is 10.8. The fourth-order valence-corrected chi connectivity index (χ4v) is 5.06. The van der Waals surface area contributed by atoms with Crippen LogP contribution in [-0.4, -0.2) is 65.3 Å². The monoisotopic (exact) mass is 441 g/mol. The summed E-state index contributed by atoms with van der Waals surface area (Å²) in [7, 11) is 4.38. The first-order valence-electron chi connectivity index (χ1n) is 12.4. The minimum atomic E-state index is 0.142. The van der Waals surface area contributed by atoms with Crippen molar-refractivity contribution >= 4 is 16.9 Å². The molecule has 7 nitrogen and oxygen atoms in total. The van der Waals surface area contributed by atoms with E-state index in [2.05, 4.69) is 43.1 Å². The lowest BCUT2D eigenvalue weighted by molar-refractivity contribution is 0.0244. The van der Waals surface area contributed by atoms with Gasteiger partial charge in [-0.1, -0.05) is 13.3 Å². The fourth-order valence-electron chi connectivity index (χ4n) is 5.06. The van der Waals surface area contributed by atoms with Gasteiger partial charge in [-0.15, -0.1) is 0 Å². The topological polar surface area (TPSA) is 72.4 Å². The lowest BCUT2D eigenvalue weighted by atomic mass is 9.81. The second-order valence-corrected chi connectivity index (χ2v) is 9.71. The normalized spacial score (nSPS) is 23.4. The Balaban J connectivity index is 1.64. The van der Waals surface area contributed by atoms with Gasteiger partial charge in [0, 0.05) is 42.9 Å². The van der Waals surface area contributed by atoms with Crippen molar-refractivity contribution in [2.75, 3.05) is 32.6 Å². The summed E-state index contributed by atoms with van der Waals surface area (Å²) in [5, 5.41) is 4.41. The number of nitrogens with one attached hydrogen (secondary N) is 1. The van der Waals surface area contributed by atoms with Gasteiger partial charge in [0.2, 0.25) is 11.8 Å². The predicted octanol–water partition coefficient (Wildman–Crippen LogP) is 4.77. The molecule has 1 N–H and O–H groups in total. The Kier molecular flexibility index (Phi) is 7.79. The van der Waals surface area contributed by atoms with Crippen molar-refractivity contribution in [2.45, 2.75) is 89.3 Å². The molecule has 2 aliphatic rings. The maximum absolute atomic E-state index is 6.32. The van der Waals surface area contributed by atoms with Crippen LogP contribution in [0.5, 0.6) is 5.88 Å². The Morgan fingerprint density at radius 1 is 1.09 bits per heavy atom. The summed E-state index contributed by atoms with van der Waals surface area (Å²) in [5.74, 6) is 1.84. The van der Waals surface area contributed by atoms with E-state index in [4.69, 9.17) is 19.4 Å². The number of aromatic nitrogens is 3. The quantitative estimate of drug-likeness (QED) is 0.632. The molecule has 0 amide bonds. The third-order valence-corrected chi connectivity index (χ3v) is 7.02. The number of anilines is 1. The Hall–Kier alpha value is -1.99. The average molecular weight is 442 g/mol. The molecule has 0 spiro atoms. The van der Waals surface area contributed by atoms with Crippen LogP contribution in [0.3, 0.4) is 0 Å². The maximum atomic E-state index is 6.32. The first-order valence-corrected chi connectivity index (χ1v) is 12.4. The van der Waals surface area contributed by atoms with E-state index in [-0.39, 0.29) is 6.10 Å². The highest BCUT2D eigenvalue weighted by Crippen LogP contribution is 2.38. The maximum Gasteiger partial charge on any atom is 0.224 e. The van der Waals surface area contributed by atoms with E-state index in [1.165, 1.54) is 31.2 Å². The molecule has 176 valence electrons. The zero-order valence-corrected chi connectivity index (χ0v) is 20.1. The summed E-state index contributed by atoms with van der Waals surface area (Å²) in [4.78, 5) is 16.8. The van der Waals surface area contributed by atoms with Crippen molar-refractivity contribution in [2.24, 2.45) is 0 Å². The van der Waals surface area contributed by atoms with Crippen molar-refractivity contribution < 1.29 is 9.47 Å². The largest absolute Gasteiger partial charge is 0.474 e. The molecule has 1 aliphatic carbocycles. The molecule has 1 aliphatic heterocycles. The smallest absolute Gasteiger partial charge is 0.224 e. The van der Waals surface area contributed by atoms with E-state index in [1.54, 1.807) is 0 Å². The summed E-state index contributed by atoms with van der Waals surface area (Å²) in [6, 6.07) is 1.01. The number of rotatable bonds is 8. The lowest BCUT2D eigenvalue weighted by Gasteiger charge is -2.33. The van der Waals surface area contributed by atoms with Crippen molar-refractivity contribution in [1.82, 2.24) is 19.9 Å². The number of hydrogen-bond donors (Lipinski definition) is 1. The highest BCUT2D eigenvalue weighted by Gasteiger charge is 2.27. The number of pyridine rings is 1. The van der Waals surface area contributed by atoms with E-state index in [0.717, 1.165) is 49.8 Å². The molecule has 2 fully saturated rings. The van der Waals surface area contributed by atoms with Crippen LogP contribution in [-0.2, 0) is 4.74 Å². The second-order valence-electron chi connectivity index (χ2n) is 9.71. The van der Waals surface area contributed by atoms with Crippen LogP contribution in [0.15, 0.2) is 12.4 Å². The molecule has 7 heteroatoms. The SMILES string of the molecule is CCCC(C)Nc1ncc2c(OC3CCOCC3)ncc([C@H]3CC[C@@H](N(C)C)CC3)c2n1. The van der Waals surface area contributed by atoms with Gasteiger partial charge < -0.3 is 19.7 Å². The van der Waals surface area contributed by atoms with Gasteiger partial charge in [-0.05, 0) is 59.0 Å². The van der Waals surface area contributed by atoms with Crippen molar-refractivity contribution in [3.63, 3.8) is 0 Å². The van der Waals surface area contributed by atoms with Crippen LogP contribution >= 0.6 is 0 Å². The van der Waals surface area contributed by atoms with Crippen molar-refractivity contribution in [3.05, 3.63) is 18.0 Å². The molecular weight excluding hydrogens is 402 g/mol. The number of hydrogen-bond acceptors (Lipinski definition) is 7. The molecule has 4 rings (SSSR count). The van der Waals surface area contributed by atoms with Crippen LogP contribution in [0.2, 0.25) is 0 Å². The van der Waals surface area contributed by atoms with Crippen LogP contribution < -0.4 is 10.1 Å². The molecular formula is C25H39N5O2. The van der Waals surface area contributed by atoms with E-state index < -0.39 is 0 Å².